The molecule has 2 aliphatic rings. The molecule has 39 heavy (non-hydrogen) atoms. The number of alkyl halides is 3. The summed E-state index contributed by atoms with van der Waals surface area (Å²) in [7, 11) is -3.88. The van der Waals surface area contributed by atoms with Gasteiger partial charge in [0.1, 0.15) is 0 Å². The Morgan fingerprint density at radius 2 is 1.72 bits per heavy atom. The van der Waals surface area contributed by atoms with Crippen LogP contribution in [0.4, 0.5) is 18.9 Å². The molecule has 0 radical (unpaired) electrons. The Kier molecular flexibility index (Phi) is 8.05. The van der Waals surface area contributed by atoms with E-state index in [0.29, 0.717) is 37.1 Å². The lowest BCUT2D eigenvalue weighted by Crippen LogP contribution is -2.66. The van der Waals surface area contributed by atoms with Gasteiger partial charge >= 0.3 is 6.18 Å². The summed E-state index contributed by atoms with van der Waals surface area (Å²) in [4.78, 5) is 17.0. The van der Waals surface area contributed by atoms with Crippen LogP contribution in [-0.2, 0) is 20.4 Å². The van der Waals surface area contributed by atoms with Crippen LogP contribution in [0, 0.1) is 0 Å². The first-order valence-electron chi connectivity index (χ1n) is 12.5. The number of sulfonamides is 1. The Labute approximate surface area is 232 Å². The van der Waals surface area contributed by atoms with Crippen molar-refractivity contribution in [3.63, 3.8) is 0 Å². The van der Waals surface area contributed by atoms with E-state index in [-0.39, 0.29) is 36.0 Å². The topological polar surface area (TPSA) is 93.2 Å². The average Bonchev–Trinajstić information content (AvgIpc) is 2.86. The minimum absolute atomic E-state index is 0.0944. The number of rotatable bonds is 6. The fourth-order valence-electron chi connectivity index (χ4n) is 5.01. The van der Waals surface area contributed by atoms with Crippen molar-refractivity contribution < 1.29 is 31.5 Å². The van der Waals surface area contributed by atoms with Gasteiger partial charge in [0.25, 0.3) is 0 Å². The number of nitrogens with one attached hydrogen (secondary N) is 1. The Bertz CT molecular complexity index is 1320. The second kappa shape index (κ2) is 10.6. The molecule has 214 valence electrons. The highest BCUT2D eigenvalue weighted by Gasteiger charge is 2.51. The quantitative estimate of drug-likeness (QED) is 0.451. The fourth-order valence-corrected chi connectivity index (χ4v) is 7.07. The number of amides is 1. The average molecular weight is 587 g/mol. The van der Waals surface area contributed by atoms with Crippen LogP contribution in [0.1, 0.15) is 26.3 Å². The molecular formula is C26H33F3N4O4S2. The molecule has 13 heteroatoms. The second-order valence-electron chi connectivity index (χ2n) is 10.6. The van der Waals surface area contributed by atoms with Crippen molar-refractivity contribution in [3.8, 4) is 0 Å². The third-order valence-electron chi connectivity index (χ3n) is 7.69. The molecule has 4 rings (SSSR count). The molecular weight excluding hydrogens is 553 g/mol. The summed E-state index contributed by atoms with van der Waals surface area (Å²) < 4.78 is 68.6. The number of piperazine rings is 2. The van der Waals surface area contributed by atoms with E-state index in [2.05, 4.69) is 17.9 Å². The van der Waals surface area contributed by atoms with Crippen LogP contribution in [0.25, 0.3) is 0 Å². The van der Waals surface area contributed by atoms with E-state index in [4.69, 9.17) is 0 Å². The van der Waals surface area contributed by atoms with Crippen molar-refractivity contribution in [2.45, 2.75) is 53.9 Å². The van der Waals surface area contributed by atoms with E-state index >= 15 is 0 Å². The van der Waals surface area contributed by atoms with Gasteiger partial charge in [-0.05, 0) is 50.6 Å². The Morgan fingerprint density at radius 1 is 1.08 bits per heavy atom. The lowest BCUT2D eigenvalue weighted by molar-refractivity contribution is -0.258. The normalized spacial score (nSPS) is 22.8. The number of halogens is 3. The molecule has 2 N–H and O–H groups in total. The van der Waals surface area contributed by atoms with Gasteiger partial charge in [0, 0.05) is 49.9 Å². The summed E-state index contributed by atoms with van der Waals surface area (Å²) in [5.41, 5.74) is -3.55. The number of carbonyl (C=O) groups excluding carboxylic acids is 1. The van der Waals surface area contributed by atoms with Crippen LogP contribution < -0.4 is 10.2 Å². The third kappa shape index (κ3) is 5.64. The molecule has 0 spiro atoms. The summed E-state index contributed by atoms with van der Waals surface area (Å²) in [6.07, 6.45) is -4.85. The van der Waals surface area contributed by atoms with Crippen molar-refractivity contribution in [2.75, 3.05) is 44.2 Å². The van der Waals surface area contributed by atoms with Gasteiger partial charge in [-0.1, -0.05) is 24.3 Å². The molecule has 2 aromatic rings. The SMILES string of the molecule is CC1(C)C(=O)NCCN1C[C@H]1CN(S(=O)(=O)c2ccccc2S)CCN1c1ccc([C@](C)(O)C(F)(F)F)cc1. The summed E-state index contributed by atoms with van der Waals surface area (Å²) in [6, 6.07) is 11.5. The third-order valence-corrected chi connectivity index (χ3v) is 10.2. The van der Waals surface area contributed by atoms with Gasteiger partial charge in [-0.15, -0.1) is 12.6 Å². The van der Waals surface area contributed by atoms with Gasteiger partial charge in [-0.2, -0.15) is 17.5 Å². The highest BCUT2D eigenvalue weighted by molar-refractivity contribution is 7.90. The van der Waals surface area contributed by atoms with Crippen LogP contribution in [0.5, 0.6) is 0 Å². The van der Waals surface area contributed by atoms with Crippen molar-refractivity contribution in [2.24, 2.45) is 0 Å². The van der Waals surface area contributed by atoms with E-state index in [0.717, 1.165) is 0 Å². The zero-order valence-electron chi connectivity index (χ0n) is 21.9. The zero-order chi connectivity index (χ0) is 28.8. The van der Waals surface area contributed by atoms with E-state index in [1.165, 1.54) is 34.6 Å². The van der Waals surface area contributed by atoms with Crippen molar-refractivity contribution in [1.82, 2.24) is 14.5 Å². The minimum atomic E-state index is -4.85. The van der Waals surface area contributed by atoms with E-state index in [1.54, 1.807) is 32.0 Å². The highest BCUT2D eigenvalue weighted by Crippen LogP contribution is 2.39. The molecule has 1 amide bonds. The fraction of sp³-hybridized carbons (Fsp3) is 0.500. The number of carbonyl (C=O) groups is 1. The maximum absolute atomic E-state index is 13.6. The standard InChI is InChI=1S/C26H33F3N4O4S2/c1-24(2)23(34)30-12-13-31(24)16-20-17-32(39(36,37)22-7-5-4-6-21(22)38)14-15-33(20)19-10-8-18(9-11-19)25(3,35)26(27,28)29/h4-11,20,35,38H,12-17H2,1-3H3,(H,30,34)/t20-,25-/m0/s1. The first-order valence-corrected chi connectivity index (χ1v) is 14.4. The van der Waals surface area contributed by atoms with Gasteiger partial charge in [0.05, 0.1) is 16.5 Å². The zero-order valence-corrected chi connectivity index (χ0v) is 23.7. The molecule has 2 aliphatic heterocycles. The van der Waals surface area contributed by atoms with Gasteiger partial charge < -0.3 is 15.3 Å². The maximum Gasteiger partial charge on any atom is 0.421 e. The number of benzene rings is 2. The van der Waals surface area contributed by atoms with Crippen LogP contribution in [0.2, 0.25) is 0 Å². The van der Waals surface area contributed by atoms with Crippen LogP contribution in [-0.4, -0.2) is 85.7 Å². The summed E-state index contributed by atoms with van der Waals surface area (Å²) >= 11 is 4.33. The molecule has 0 aliphatic carbocycles. The molecule has 2 heterocycles. The monoisotopic (exact) mass is 586 g/mol. The minimum Gasteiger partial charge on any atom is -0.376 e. The summed E-state index contributed by atoms with van der Waals surface area (Å²) in [5.74, 6) is -0.136. The Hall–Kier alpha value is -2.32. The van der Waals surface area contributed by atoms with Crippen molar-refractivity contribution >= 4 is 34.2 Å². The number of hydrogen-bond donors (Lipinski definition) is 3. The Morgan fingerprint density at radius 3 is 2.33 bits per heavy atom. The lowest BCUT2D eigenvalue weighted by atomic mass is 9.94. The maximum atomic E-state index is 13.6. The van der Waals surface area contributed by atoms with E-state index in [1.807, 2.05) is 9.80 Å². The van der Waals surface area contributed by atoms with E-state index in [9.17, 15) is 31.5 Å². The highest BCUT2D eigenvalue weighted by atomic mass is 32.2. The second-order valence-corrected chi connectivity index (χ2v) is 12.9. The van der Waals surface area contributed by atoms with Gasteiger partial charge in [0.2, 0.25) is 15.9 Å². The first kappa shape index (κ1) is 29.7. The van der Waals surface area contributed by atoms with Gasteiger partial charge in [-0.25, -0.2) is 8.42 Å². The van der Waals surface area contributed by atoms with Crippen LogP contribution in [0.3, 0.4) is 0 Å². The molecule has 0 saturated carbocycles. The van der Waals surface area contributed by atoms with Crippen LogP contribution in [0.15, 0.2) is 58.3 Å². The van der Waals surface area contributed by atoms with Crippen molar-refractivity contribution in [1.29, 1.82) is 0 Å². The summed E-state index contributed by atoms with van der Waals surface area (Å²) in [5, 5.41) is 12.9. The predicted octanol–water partition coefficient (Wildman–Crippen LogP) is 2.84. The number of aliphatic hydroxyl groups is 1. The predicted molar refractivity (Wildman–Crippen MR) is 144 cm³/mol. The van der Waals surface area contributed by atoms with Crippen LogP contribution >= 0.6 is 12.6 Å². The number of hydrogen-bond acceptors (Lipinski definition) is 7. The largest absolute Gasteiger partial charge is 0.421 e. The number of nitrogens with zero attached hydrogens (tertiary/aromatic N) is 3. The molecule has 2 atom stereocenters. The van der Waals surface area contributed by atoms with Crippen molar-refractivity contribution in [3.05, 3.63) is 54.1 Å². The molecule has 0 unspecified atom stereocenters. The number of thiol groups is 1. The van der Waals surface area contributed by atoms with E-state index < -0.39 is 33.4 Å². The molecule has 2 fully saturated rings. The van der Waals surface area contributed by atoms with Gasteiger partial charge in [0.15, 0.2) is 5.60 Å². The van der Waals surface area contributed by atoms with Gasteiger partial charge in [-0.3, -0.25) is 9.69 Å². The molecule has 0 aromatic heterocycles. The first-order chi connectivity index (χ1) is 18.1. The number of anilines is 1. The Balaban J connectivity index is 1.66. The smallest absolute Gasteiger partial charge is 0.376 e. The molecule has 8 nitrogen and oxygen atoms in total. The lowest BCUT2D eigenvalue weighted by Gasteiger charge is -2.48. The molecule has 2 aromatic carbocycles. The molecule has 2 saturated heterocycles. The molecule has 0 bridgehead atoms. The summed E-state index contributed by atoms with van der Waals surface area (Å²) in [6.45, 7) is 6.17.